The Morgan fingerprint density at radius 2 is 0.600 bits per heavy atom. The van der Waals surface area contributed by atoms with E-state index in [2.05, 4.69) is 0 Å². The molecule has 0 bridgehead atoms. The molecule has 30 heavy (non-hydrogen) atoms. The molecule has 0 spiro atoms. The quantitative estimate of drug-likeness (QED) is 0.376. The molecule has 0 aliphatic carbocycles. The van der Waals surface area contributed by atoms with E-state index in [1.165, 1.54) is 0 Å². The minimum Gasteiger partial charge on any atom is -0.247 e. The van der Waals surface area contributed by atoms with E-state index in [0.29, 0.717) is 0 Å². The van der Waals surface area contributed by atoms with Gasteiger partial charge in [-0.15, -0.1) is 0 Å². The Kier molecular flexibility index (Phi) is 6.45. The lowest BCUT2D eigenvalue weighted by atomic mass is 10.0. The number of hydrogen-bond acceptors (Lipinski definition) is 1. The van der Waals surface area contributed by atoms with Crippen LogP contribution >= 0.6 is 0 Å². The molecule has 0 N–H and O–H groups in total. The molecule has 0 fully saturated rings. The zero-order valence-corrected chi connectivity index (χ0v) is 12.5. The molecule has 0 saturated carbocycles. The average Bonchev–Trinajstić information content (AvgIpc) is 2.40. The Balaban J connectivity index is 6.59. The molecule has 0 amide bonds. The summed E-state index contributed by atoms with van der Waals surface area (Å²) in [5.41, 5.74) is -8.34. The highest BCUT2D eigenvalue weighted by Crippen LogP contribution is 2.61. The van der Waals surface area contributed by atoms with Crippen LogP contribution in [0.2, 0.25) is 0 Å². The van der Waals surface area contributed by atoms with Crippen molar-refractivity contribution in [1.82, 2.24) is 0 Å². The molecule has 0 radical (unpaired) electrons. The van der Waals surface area contributed by atoms with Crippen LogP contribution in [0.5, 0.6) is 0 Å². The third kappa shape index (κ3) is 3.80. The first kappa shape index (κ1) is 28.6. The highest BCUT2D eigenvalue weighted by molar-refractivity contribution is 5.06. The van der Waals surface area contributed by atoms with Crippen molar-refractivity contribution in [2.24, 2.45) is 0 Å². The number of rotatable bonds is 6. The number of hydrogen-bond donors (Lipinski definition) is 0. The minimum absolute atomic E-state index is 0.890. The second-order valence-corrected chi connectivity index (χ2v) is 5.01. The normalized spacial score (nSPS) is 16.8. The van der Waals surface area contributed by atoms with E-state index in [4.69, 9.17) is 0 Å². The molecule has 21 heteroatoms. The van der Waals surface area contributed by atoms with Gasteiger partial charge in [0.15, 0.2) is 0 Å². The van der Waals surface area contributed by atoms with Gasteiger partial charge < -0.3 is 0 Å². The molecule has 182 valence electrons. The van der Waals surface area contributed by atoms with Gasteiger partial charge >= 0.3 is 54.2 Å². The summed E-state index contributed by atoms with van der Waals surface area (Å²) in [5, 5.41) is 0. The van der Waals surface area contributed by atoms with Crippen molar-refractivity contribution in [3.63, 3.8) is 0 Å². The monoisotopic (exact) mass is 504 g/mol. The Hall–Kier alpha value is -1.44. The van der Waals surface area contributed by atoms with Gasteiger partial charge in [-0.05, 0) is 0 Å². The molecule has 1 nitrogen and oxygen atoms in total. The summed E-state index contributed by atoms with van der Waals surface area (Å²) in [6.07, 6.45) is -40.6. The SMILES string of the molecule is FC(F)(F)C(F)(F)C(F)(F)C(F)(F)C(F)(F)OC(F)(F)C(F)(C(F)(F)F)C(F)(F)F. The maximum Gasteiger partial charge on any atom is 0.460 e. The van der Waals surface area contributed by atoms with Crippen molar-refractivity contribution in [1.29, 1.82) is 0 Å². The van der Waals surface area contributed by atoms with E-state index in [9.17, 15) is 87.8 Å². The van der Waals surface area contributed by atoms with Crippen molar-refractivity contribution in [2.75, 3.05) is 0 Å². The second kappa shape index (κ2) is 6.78. The van der Waals surface area contributed by atoms with Crippen molar-refractivity contribution >= 4 is 0 Å². The van der Waals surface area contributed by atoms with E-state index < -0.39 is 54.2 Å². The van der Waals surface area contributed by atoms with Crippen LogP contribution in [0.3, 0.4) is 0 Å². The Bertz CT molecular complexity index is 604. The largest absolute Gasteiger partial charge is 0.460 e. The standard InChI is InChI=1S/C9F20O/c10-1(5(17,18)19,6(20,21)22)8(26,27)30-9(28,29)4(15,16)2(11,12)3(13,14)7(23,24)25. The van der Waals surface area contributed by atoms with Gasteiger partial charge in [0, 0.05) is 0 Å². The highest BCUT2D eigenvalue weighted by Gasteiger charge is 2.92. The fourth-order valence-electron chi connectivity index (χ4n) is 1.34. The van der Waals surface area contributed by atoms with Crippen LogP contribution in [0.15, 0.2) is 0 Å². The fourth-order valence-corrected chi connectivity index (χ4v) is 1.34. The number of halogens is 20. The molecule has 0 aromatic heterocycles. The molecule has 0 aromatic carbocycles. The van der Waals surface area contributed by atoms with Gasteiger partial charge in [-0.1, -0.05) is 0 Å². The van der Waals surface area contributed by atoms with Gasteiger partial charge in [-0.25, -0.2) is 9.13 Å². The van der Waals surface area contributed by atoms with E-state index in [1.54, 1.807) is 0 Å². The molecular formula is C9F20O. The van der Waals surface area contributed by atoms with Crippen molar-refractivity contribution in [2.45, 2.75) is 54.2 Å². The van der Waals surface area contributed by atoms with Crippen molar-refractivity contribution in [3.05, 3.63) is 0 Å². The van der Waals surface area contributed by atoms with Crippen molar-refractivity contribution < 1.29 is 92.5 Å². The first-order chi connectivity index (χ1) is 12.5. The molecule has 0 rings (SSSR count). The van der Waals surface area contributed by atoms with Crippen LogP contribution in [0.1, 0.15) is 0 Å². The molecule has 0 aliphatic rings. The second-order valence-electron chi connectivity index (χ2n) is 5.01. The molecule has 0 atom stereocenters. The summed E-state index contributed by atoms with van der Waals surface area (Å²) in [7, 11) is 0. The maximum absolute atomic E-state index is 13.0. The highest BCUT2D eigenvalue weighted by atomic mass is 19.4. The summed E-state index contributed by atoms with van der Waals surface area (Å²) in [6, 6.07) is 0. The first-order valence-electron chi connectivity index (χ1n) is 5.94. The molecule has 0 saturated heterocycles. The van der Waals surface area contributed by atoms with Crippen LogP contribution in [-0.2, 0) is 4.74 Å². The lowest BCUT2D eigenvalue weighted by molar-refractivity contribution is -0.526. The van der Waals surface area contributed by atoms with E-state index in [0.717, 1.165) is 4.74 Å². The third-order valence-electron chi connectivity index (χ3n) is 2.95. The van der Waals surface area contributed by atoms with Crippen LogP contribution < -0.4 is 0 Å². The Labute approximate surface area is 148 Å². The van der Waals surface area contributed by atoms with Gasteiger partial charge in [0.2, 0.25) is 0 Å². The van der Waals surface area contributed by atoms with E-state index in [-0.39, 0.29) is 0 Å². The van der Waals surface area contributed by atoms with Crippen LogP contribution in [0.4, 0.5) is 87.8 Å². The van der Waals surface area contributed by atoms with E-state index >= 15 is 0 Å². The predicted octanol–water partition coefficient (Wildman–Crippen LogP) is 6.49. The maximum atomic E-state index is 13.0. The summed E-state index contributed by atoms with van der Waals surface area (Å²) in [4.78, 5) is 0. The van der Waals surface area contributed by atoms with Gasteiger partial charge in [0.25, 0.3) is 0 Å². The zero-order valence-electron chi connectivity index (χ0n) is 12.5. The molecular weight excluding hydrogens is 504 g/mol. The topological polar surface area (TPSA) is 9.23 Å². The number of alkyl halides is 20. The van der Waals surface area contributed by atoms with Gasteiger partial charge in [-0.2, -0.15) is 83.4 Å². The smallest absolute Gasteiger partial charge is 0.247 e. The summed E-state index contributed by atoms with van der Waals surface area (Å²) >= 11 is 0. The summed E-state index contributed by atoms with van der Waals surface area (Å²) in [5.74, 6) is -25.3. The van der Waals surface area contributed by atoms with Crippen LogP contribution in [-0.4, -0.2) is 54.2 Å². The van der Waals surface area contributed by atoms with Gasteiger partial charge in [0.05, 0.1) is 0 Å². The summed E-state index contributed by atoms with van der Waals surface area (Å²) < 4.78 is 249. The minimum atomic E-state index is -8.58. The summed E-state index contributed by atoms with van der Waals surface area (Å²) in [6.45, 7) is 0. The lowest BCUT2D eigenvalue weighted by Gasteiger charge is -2.40. The lowest BCUT2D eigenvalue weighted by Crippen LogP contribution is -2.71. The Morgan fingerprint density at radius 3 is 0.833 bits per heavy atom. The molecule has 0 heterocycles. The van der Waals surface area contributed by atoms with Gasteiger partial charge in [0.1, 0.15) is 0 Å². The van der Waals surface area contributed by atoms with E-state index in [1.807, 2.05) is 0 Å². The first-order valence-corrected chi connectivity index (χ1v) is 5.94. The number of ether oxygens (including phenoxy) is 1. The molecule has 0 unspecified atom stereocenters. The van der Waals surface area contributed by atoms with Gasteiger partial charge in [-0.3, -0.25) is 0 Å². The fraction of sp³-hybridized carbons (Fsp3) is 1.00. The molecule has 0 aromatic rings. The zero-order chi connectivity index (χ0) is 25.2. The molecule has 0 aliphatic heterocycles. The van der Waals surface area contributed by atoms with Crippen molar-refractivity contribution in [3.8, 4) is 0 Å². The van der Waals surface area contributed by atoms with Crippen LogP contribution in [0, 0.1) is 0 Å². The Morgan fingerprint density at radius 1 is 0.300 bits per heavy atom. The third-order valence-corrected chi connectivity index (χ3v) is 2.95. The predicted molar refractivity (Wildman–Crippen MR) is 47.8 cm³/mol. The van der Waals surface area contributed by atoms with Crippen LogP contribution in [0.25, 0.3) is 0 Å². The average molecular weight is 504 g/mol.